The second-order valence-corrected chi connectivity index (χ2v) is 5.23. The molecule has 19 heavy (non-hydrogen) atoms. The Morgan fingerprint density at radius 2 is 2.16 bits per heavy atom. The molecule has 0 bridgehead atoms. The van der Waals surface area contributed by atoms with Crippen molar-refractivity contribution in [1.82, 2.24) is 15.2 Å². The van der Waals surface area contributed by atoms with E-state index in [2.05, 4.69) is 24.4 Å². The smallest absolute Gasteiger partial charge is 0.161 e. The fourth-order valence-corrected chi connectivity index (χ4v) is 2.71. The molecule has 2 rings (SSSR count). The van der Waals surface area contributed by atoms with Crippen LogP contribution in [-0.2, 0) is 4.74 Å². The van der Waals surface area contributed by atoms with Crippen LogP contribution >= 0.6 is 0 Å². The molecule has 1 aliphatic rings. The van der Waals surface area contributed by atoms with E-state index in [9.17, 15) is 0 Å². The van der Waals surface area contributed by atoms with Gasteiger partial charge in [0.2, 0.25) is 0 Å². The van der Waals surface area contributed by atoms with Gasteiger partial charge >= 0.3 is 0 Å². The SMILES string of the molecule is COc1cnn(C(C)C)c1C(NN)C1CCOCC1. The molecule has 2 heterocycles. The molecule has 1 aromatic rings. The van der Waals surface area contributed by atoms with Crippen LogP contribution < -0.4 is 16.0 Å². The number of hydrazine groups is 1. The predicted molar refractivity (Wildman–Crippen MR) is 72.8 cm³/mol. The number of methoxy groups -OCH3 is 1. The predicted octanol–water partition coefficient (Wildman–Crippen LogP) is 1.40. The maximum Gasteiger partial charge on any atom is 0.161 e. The Labute approximate surface area is 114 Å². The quantitative estimate of drug-likeness (QED) is 0.624. The molecule has 0 aromatic carbocycles. The normalized spacial score (nSPS) is 18.8. The molecule has 1 unspecified atom stereocenters. The van der Waals surface area contributed by atoms with Gasteiger partial charge in [0.25, 0.3) is 0 Å². The van der Waals surface area contributed by atoms with Crippen molar-refractivity contribution >= 4 is 0 Å². The van der Waals surface area contributed by atoms with Gasteiger partial charge < -0.3 is 9.47 Å². The topological polar surface area (TPSA) is 74.3 Å². The Kier molecular flexibility index (Phi) is 4.79. The Morgan fingerprint density at radius 3 is 2.68 bits per heavy atom. The Bertz CT molecular complexity index is 399. The van der Waals surface area contributed by atoms with Crippen molar-refractivity contribution in [2.24, 2.45) is 11.8 Å². The lowest BCUT2D eigenvalue weighted by Crippen LogP contribution is -2.38. The van der Waals surface area contributed by atoms with E-state index in [1.807, 2.05) is 4.68 Å². The van der Waals surface area contributed by atoms with Crippen molar-refractivity contribution in [3.8, 4) is 5.75 Å². The van der Waals surface area contributed by atoms with Gasteiger partial charge in [-0.25, -0.2) is 0 Å². The van der Waals surface area contributed by atoms with Gasteiger partial charge in [-0.05, 0) is 32.6 Å². The lowest BCUT2D eigenvalue weighted by atomic mass is 9.89. The van der Waals surface area contributed by atoms with Crippen molar-refractivity contribution < 1.29 is 9.47 Å². The van der Waals surface area contributed by atoms with Gasteiger partial charge in [0.1, 0.15) is 0 Å². The molecular weight excluding hydrogens is 244 g/mol. The highest BCUT2D eigenvalue weighted by Gasteiger charge is 2.30. The first-order valence-electron chi connectivity index (χ1n) is 6.84. The van der Waals surface area contributed by atoms with Crippen LogP contribution in [0.1, 0.15) is 44.5 Å². The highest BCUT2D eigenvalue weighted by Crippen LogP contribution is 2.35. The third kappa shape index (κ3) is 2.91. The fourth-order valence-electron chi connectivity index (χ4n) is 2.71. The first-order chi connectivity index (χ1) is 9.19. The number of nitrogens with one attached hydrogen (secondary N) is 1. The van der Waals surface area contributed by atoms with E-state index >= 15 is 0 Å². The van der Waals surface area contributed by atoms with Crippen molar-refractivity contribution in [3.63, 3.8) is 0 Å². The standard InChI is InChI=1S/C13H24N4O2/c1-9(2)17-13(11(18-3)8-15-17)12(16-14)10-4-6-19-7-5-10/h8-10,12,16H,4-7,14H2,1-3H3. The Morgan fingerprint density at radius 1 is 1.47 bits per heavy atom. The summed E-state index contributed by atoms with van der Waals surface area (Å²) in [4.78, 5) is 0. The van der Waals surface area contributed by atoms with Crippen LogP contribution in [0.2, 0.25) is 0 Å². The number of nitrogens with two attached hydrogens (primary N) is 1. The lowest BCUT2D eigenvalue weighted by Gasteiger charge is -2.31. The van der Waals surface area contributed by atoms with Crippen LogP contribution in [0.3, 0.4) is 0 Å². The minimum absolute atomic E-state index is 0.0451. The summed E-state index contributed by atoms with van der Waals surface area (Å²) in [5, 5.41) is 4.42. The summed E-state index contributed by atoms with van der Waals surface area (Å²) in [5.41, 5.74) is 3.98. The van der Waals surface area contributed by atoms with Crippen LogP contribution in [0.25, 0.3) is 0 Å². The van der Waals surface area contributed by atoms with Gasteiger partial charge in [-0.15, -0.1) is 0 Å². The van der Waals surface area contributed by atoms with Gasteiger partial charge in [0, 0.05) is 19.3 Å². The highest BCUT2D eigenvalue weighted by atomic mass is 16.5. The van der Waals surface area contributed by atoms with E-state index in [1.165, 1.54) is 0 Å². The van der Waals surface area contributed by atoms with Gasteiger partial charge in [-0.2, -0.15) is 5.10 Å². The zero-order chi connectivity index (χ0) is 13.8. The molecule has 6 nitrogen and oxygen atoms in total. The summed E-state index contributed by atoms with van der Waals surface area (Å²) >= 11 is 0. The molecule has 0 radical (unpaired) electrons. The third-order valence-corrected chi connectivity index (χ3v) is 3.72. The van der Waals surface area contributed by atoms with Crippen LogP contribution in [0.15, 0.2) is 6.20 Å². The summed E-state index contributed by atoms with van der Waals surface area (Å²) in [6.07, 6.45) is 3.77. The number of hydrogen-bond donors (Lipinski definition) is 2. The molecule has 3 N–H and O–H groups in total. The second-order valence-electron chi connectivity index (χ2n) is 5.23. The van der Waals surface area contributed by atoms with Crippen molar-refractivity contribution in [3.05, 3.63) is 11.9 Å². The average molecular weight is 268 g/mol. The molecule has 0 amide bonds. The number of aromatic nitrogens is 2. The largest absolute Gasteiger partial charge is 0.493 e. The summed E-state index contributed by atoms with van der Waals surface area (Å²) in [6, 6.07) is 0.318. The Hall–Kier alpha value is -1.11. The first kappa shape index (κ1) is 14.3. The molecule has 1 saturated heterocycles. The molecular formula is C13H24N4O2. The second kappa shape index (κ2) is 6.36. The van der Waals surface area contributed by atoms with Crippen LogP contribution in [0, 0.1) is 5.92 Å². The van der Waals surface area contributed by atoms with Gasteiger partial charge in [-0.1, -0.05) is 0 Å². The molecule has 0 spiro atoms. The zero-order valence-corrected chi connectivity index (χ0v) is 11.9. The van der Waals surface area contributed by atoms with E-state index < -0.39 is 0 Å². The minimum atomic E-state index is 0.0451. The minimum Gasteiger partial charge on any atom is -0.493 e. The number of ether oxygens (including phenoxy) is 2. The number of rotatable bonds is 5. The molecule has 0 saturated carbocycles. The maximum absolute atomic E-state index is 5.80. The molecule has 6 heteroatoms. The van der Waals surface area contributed by atoms with E-state index in [-0.39, 0.29) is 12.1 Å². The summed E-state index contributed by atoms with van der Waals surface area (Å²) in [7, 11) is 1.67. The zero-order valence-electron chi connectivity index (χ0n) is 11.9. The van der Waals surface area contributed by atoms with E-state index in [1.54, 1.807) is 13.3 Å². The van der Waals surface area contributed by atoms with E-state index in [4.69, 9.17) is 15.3 Å². The molecule has 1 aromatic heterocycles. The maximum atomic E-state index is 5.80. The van der Waals surface area contributed by atoms with Crippen molar-refractivity contribution in [1.29, 1.82) is 0 Å². The van der Waals surface area contributed by atoms with Crippen molar-refractivity contribution in [2.45, 2.75) is 38.8 Å². The summed E-state index contributed by atoms with van der Waals surface area (Å²) in [5.74, 6) is 7.04. The summed E-state index contributed by atoms with van der Waals surface area (Å²) < 4.78 is 12.8. The van der Waals surface area contributed by atoms with Crippen LogP contribution in [0.4, 0.5) is 0 Å². The van der Waals surface area contributed by atoms with Gasteiger partial charge in [0.15, 0.2) is 5.75 Å². The van der Waals surface area contributed by atoms with E-state index in [0.717, 1.165) is 37.5 Å². The highest BCUT2D eigenvalue weighted by molar-refractivity contribution is 5.29. The molecule has 0 aliphatic carbocycles. The molecule has 1 fully saturated rings. The third-order valence-electron chi connectivity index (χ3n) is 3.72. The first-order valence-corrected chi connectivity index (χ1v) is 6.84. The molecule has 108 valence electrons. The monoisotopic (exact) mass is 268 g/mol. The Balaban J connectivity index is 2.32. The van der Waals surface area contributed by atoms with Crippen LogP contribution in [0.5, 0.6) is 5.75 Å². The fraction of sp³-hybridized carbons (Fsp3) is 0.769. The van der Waals surface area contributed by atoms with Crippen LogP contribution in [-0.4, -0.2) is 30.1 Å². The average Bonchev–Trinajstić information content (AvgIpc) is 2.85. The molecule has 1 atom stereocenters. The number of hydrogen-bond acceptors (Lipinski definition) is 5. The van der Waals surface area contributed by atoms with E-state index in [0.29, 0.717) is 5.92 Å². The van der Waals surface area contributed by atoms with Gasteiger partial charge in [0.05, 0.1) is 25.0 Å². The lowest BCUT2D eigenvalue weighted by molar-refractivity contribution is 0.0519. The number of nitrogens with zero attached hydrogens (tertiary/aromatic N) is 2. The molecule has 1 aliphatic heterocycles. The van der Waals surface area contributed by atoms with Gasteiger partial charge in [-0.3, -0.25) is 16.0 Å². The summed E-state index contributed by atoms with van der Waals surface area (Å²) in [6.45, 7) is 5.79. The van der Waals surface area contributed by atoms with Crippen molar-refractivity contribution in [2.75, 3.05) is 20.3 Å².